The van der Waals surface area contributed by atoms with Crippen LogP contribution in [0.25, 0.3) is 83.9 Å². The van der Waals surface area contributed by atoms with E-state index in [0.29, 0.717) is 0 Å². The van der Waals surface area contributed by atoms with Gasteiger partial charge in [0, 0.05) is 85.2 Å². The Morgan fingerprint density at radius 1 is 0.511 bits per heavy atom. The predicted molar refractivity (Wildman–Crippen MR) is 188 cm³/mol. The fourth-order valence-electron chi connectivity index (χ4n) is 6.83. The number of benzene rings is 4. The van der Waals surface area contributed by atoms with Gasteiger partial charge in [-0.15, -0.1) is 0 Å². The molecule has 0 aliphatic heterocycles. The normalized spacial score (nSPS) is 11.7. The van der Waals surface area contributed by atoms with Crippen molar-refractivity contribution in [3.8, 4) is 51.1 Å². The Hall–Kier alpha value is -6.28. The number of rotatable bonds is 5. The molecular formula is C39H30N8. The second-order valence-corrected chi connectivity index (χ2v) is 12.0. The van der Waals surface area contributed by atoms with Crippen molar-refractivity contribution in [2.24, 2.45) is 21.1 Å². The molecule has 8 heteroatoms. The Bertz CT molecular complexity index is 2620. The number of aryl methyl sites for hydroxylation is 3. The minimum atomic E-state index is 0.888. The van der Waals surface area contributed by atoms with Crippen molar-refractivity contribution in [3.63, 3.8) is 0 Å². The van der Waals surface area contributed by atoms with Crippen LogP contribution in [-0.4, -0.2) is 38.2 Å². The largest absolute Gasteiger partial charge is 0.334 e. The Kier molecular flexibility index (Phi) is 5.98. The van der Waals surface area contributed by atoms with Crippen LogP contribution in [0.2, 0.25) is 0 Å². The van der Waals surface area contributed by atoms with Crippen LogP contribution < -0.4 is 0 Å². The van der Waals surface area contributed by atoms with Crippen molar-refractivity contribution in [2.75, 3.05) is 0 Å². The van der Waals surface area contributed by atoms with Gasteiger partial charge in [-0.25, -0.2) is 15.0 Å². The van der Waals surface area contributed by atoms with Crippen LogP contribution in [0.3, 0.4) is 0 Å². The zero-order valence-electron chi connectivity index (χ0n) is 26.2. The van der Waals surface area contributed by atoms with E-state index >= 15 is 0 Å². The summed E-state index contributed by atoms with van der Waals surface area (Å²) in [5, 5.41) is 2.29. The Morgan fingerprint density at radius 2 is 1.26 bits per heavy atom. The second kappa shape index (κ2) is 10.4. The summed E-state index contributed by atoms with van der Waals surface area (Å²) in [5.41, 5.74) is 10.4. The average molecular weight is 611 g/mol. The molecule has 0 saturated heterocycles. The molecule has 5 aromatic heterocycles. The van der Waals surface area contributed by atoms with Crippen LogP contribution in [0.4, 0.5) is 0 Å². The van der Waals surface area contributed by atoms with E-state index in [2.05, 4.69) is 114 Å². The molecule has 4 aromatic carbocycles. The molecule has 0 aliphatic rings. The summed E-state index contributed by atoms with van der Waals surface area (Å²) in [6.45, 7) is 0. The van der Waals surface area contributed by atoms with Crippen LogP contribution in [0.5, 0.6) is 0 Å². The topological polar surface area (TPSA) is 71.3 Å². The van der Waals surface area contributed by atoms with Crippen molar-refractivity contribution in [1.29, 1.82) is 0 Å². The van der Waals surface area contributed by atoms with Gasteiger partial charge in [-0.2, -0.15) is 0 Å². The lowest BCUT2D eigenvalue weighted by atomic mass is 10.0. The van der Waals surface area contributed by atoms with Gasteiger partial charge in [0.1, 0.15) is 17.5 Å². The van der Waals surface area contributed by atoms with Crippen molar-refractivity contribution < 1.29 is 0 Å². The number of imidazole rings is 3. The molecule has 0 aliphatic carbocycles. The van der Waals surface area contributed by atoms with Gasteiger partial charge < -0.3 is 18.3 Å². The van der Waals surface area contributed by atoms with E-state index in [1.165, 1.54) is 0 Å². The Morgan fingerprint density at radius 3 is 2.02 bits per heavy atom. The number of pyridine rings is 1. The average Bonchev–Trinajstić information content (AvgIpc) is 3.89. The third kappa shape index (κ3) is 4.22. The lowest BCUT2D eigenvalue weighted by Crippen LogP contribution is -2.02. The lowest BCUT2D eigenvalue weighted by molar-refractivity contribution is 0.922. The maximum Gasteiger partial charge on any atom is 0.141 e. The predicted octanol–water partition coefficient (Wildman–Crippen LogP) is 8.20. The molecule has 8 nitrogen and oxygen atoms in total. The number of para-hydroxylation sites is 2. The van der Waals surface area contributed by atoms with E-state index in [1.807, 2.05) is 63.3 Å². The van der Waals surface area contributed by atoms with Crippen LogP contribution in [-0.2, 0) is 21.1 Å². The number of nitrogens with zero attached hydrogens (tertiary/aromatic N) is 8. The Labute approximate surface area is 270 Å². The fourth-order valence-corrected chi connectivity index (χ4v) is 6.83. The standard InChI is InChI=1S/C39H30N8/c1-44-20-18-41-37(44)26-13-16-33-30(22-26)28-14-12-27(38-43-32-9-4-5-10-34(32)46(38)3)24-35(28)47(33)36-23-25(31-8-6-7-17-40-31)11-15-29(36)39-42-19-21-45(39)2/h4-24H,1-3H3. The van der Waals surface area contributed by atoms with Gasteiger partial charge in [-0.05, 0) is 60.7 Å². The highest BCUT2D eigenvalue weighted by atomic mass is 15.1. The molecule has 0 spiro atoms. The minimum absolute atomic E-state index is 0.888. The van der Waals surface area contributed by atoms with E-state index in [0.717, 1.165) is 83.9 Å². The summed E-state index contributed by atoms with van der Waals surface area (Å²) in [6.07, 6.45) is 9.49. The van der Waals surface area contributed by atoms with Gasteiger partial charge in [0.15, 0.2) is 0 Å². The van der Waals surface area contributed by atoms with Crippen LogP contribution in [0, 0.1) is 0 Å². The molecule has 47 heavy (non-hydrogen) atoms. The SMILES string of the molecule is Cn1ccnc1-c1ccc2c(c1)c1ccc(-c3nc4ccccc4n3C)cc1n2-c1cc(-c2ccccn2)ccc1-c1nccn1C. The van der Waals surface area contributed by atoms with E-state index < -0.39 is 0 Å². The minimum Gasteiger partial charge on any atom is -0.334 e. The van der Waals surface area contributed by atoms with Gasteiger partial charge in [0.25, 0.3) is 0 Å². The maximum atomic E-state index is 5.05. The van der Waals surface area contributed by atoms with E-state index in [1.54, 1.807) is 0 Å². The highest BCUT2D eigenvalue weighted by molar-refractivity contribution is 6.11. The third-order valence-electron chi connectivity index (χ3n) is 9.15. The Balaban J connectivity index is 1.38. The third-order valence-corrected chi connectivity index (χ3v) is 9.15. The molecule has 5 heterocycles. The molecule has 0 amide bonds. The maximum absolute atomic E-state index is 5.05. The molecule has 0 saturated carbocycles. The van der Waals surface area contributed by atoms with E-state index in [4.69, 9.17) is 9.97 Å². The molecule has 0 bridgehead atoms. The number of hydrogen-bond acceptors (Lipinski definition) is 4. The molecular weight excluding hydrogens is 580 g/mol. The van der Waals surface area contributed by atoms with Gasteiger partial charge >= 0.3 is 0 Å². The van der Waals surface area contributed by atoms with Crippen LogP contribution in [0.15, 0.2) is 128 Å². The molecule has 9 rings (SSSR count). The first-order valence-electron chi connectivity index (χ1n) is 15.6. The zero-order valence-corrected chi connectivity index (χ0v) is 26.2. The summed E-state index contributed by atoms with van der Waals surface area (Å²) >= 11 is 0. The van der Waals surface area contributed by atoms with Gasteiger partial charge in [-0.3, -0.25) is 4.98 Å². The molecule has 0 fully saturated rings. The van der Waals surface area contributed by atoms with Crippen LogP contribution >= 0.6 is 0 Å². The summed E-state index contributed by atoms with van der Waals surface area (Å²) in [4.78, 5) is 19.2. The fraction of sp³-hybridized carbons (Fsp3) is 0.0769. The quantitative estimate of drug-likeness (QED) is 0.197. The van der Waals surface area contributed by atoms with Crippen LogP contribution in [0.1, 0.15) is 0 Å². The van der Waals surface area contributed by atoms with Crippen molar-refractivity contribution in [1.82, 2.24) is 38.2 Å². The number of aromatic nitrogens is 8. The number of fused-ring (bicyclic) bond motifs is 4. The molecule has 0 atom stereocenters. The van der Waals surface area contributed by atoms with Crippen molar-refractivity contribution in [2.45, 2.75) is 0 Å². The molecule has 226 valence electrons. The zero-order chi connectivity index (χ0) is 31.6. The van der Waals surface area contributed by atoms with Gasteiger partial charge in [0.05, 0.1) is 33.4 Å². The monoisotopic (exact) mass is 610 g/mol. The molecule has 0 radical (unpaired) electrons. The van der Waals surface area contributed by atoms with E-state index in [-0.39, 0.29) is 0 Å². The highest BCUT2D eigenvalue weighted by Gasteiger charge is 2.21. The second-order valence-electron chi connectivity index (χ2n) is 12.0. The summed E-state index contributed by atoms with van der Waals surface area (Å²) < 4.78 is 8.66. The smallest absolute Gasteiger partial charge is 0.141 e. The summed E-state index contributed by atoms with van der Waals surface area (Å²) in [5.74, 6) is 2.74. The summed E-state index contributed by atoms with van der Waals surface area (Å²) in [6, 6.07) is 34.1. The van der Waals surface area contributed by atoms with E-state index in [9.17, 15) is 0 Å². The molecule has 0 unspecified atom stereocenters. The molecule has 9 aromatic rings. The van der Waals surface area contributed by atoms with Gasteiger partial charge in [0.2, 0.25) is 0 Å². The van der Waals surface area contributed by atoms with Gasteiger partial charge in [-0.1, -0.05) is 36.4 Å². The first-order valence-corrected chi connectivity index (χ1v) is 15.6. The first-order chi connectivity index (χ1) is 23.0. The number of hydrogen-bond donors (Lipinski definition) is 0. The molecule has 0 N–H and O–H groups in total. The summed E-state index contributed by atoms with van der Waals surface area (Å²) in [7, 11) is 6.15. The van der Waals surface area contributed by atoms with Crippen molar-refractivity contribution >= 4 is 32.8 Å². The first kappa shape index (κ1) is 27.1. The lowest BCUT2D eigenvalue weighted by Gasteiger charge is -2.16. The van der Waals surface area contributed by atoms with Crippen molar-refractivity contribution in [3.05, 3.63) is 128 Å². The highest BCUT2D eigenvalue weighted by Crippen LogP contribution is 2.40.